The lowest BCUT2D eigenvalue weighted by Gasteiger charge is -2.01. The van der Waals surface area contributed by atoms with E-state index in [4.69, 9.17) is 11.6 Å². The van der Waals surface area contributed by atoms with Gasteiger partial charge >= 0.3 is 0 Å². The molecule has 0 atom stereocenters. The fourth-order valence-corrected chi connectivity index (χ4v) is 2.43. The first-order valence-corrected chi connectivity index (χ1v) is 6.19. The van der Waals surface area contributed by atoms with Crippen molar-refractivity contribution in [2.24, 2.45) is 0 Å². The van der Waals surface area contributed by atoms with Gasteiger partial charge in [-0.05, 0) is 18.2 Å². The fraction of sp³-hybridized carbons (Fsp3) is 0.111. The van der Waals surface area contributed by atoms with Gasteiger partial charge in [0.25, 0.3) is 0 Å². The molecule has 0 fully saturated rings. The summed E-state index contributed by atoms with van der Waals surface area (Å²) >= 11 is 5.91. The van der Waals surface area contributed by atoms with Crippen molar-refractivity contribution in [2.45, 2.75) is 0 Å². The highest BCUT2D eigenvalue weighted by molar-refractivity contribution is 7.89. The van der Waals surface area contributed by atoms with Gasteiger partial charge in [0.05, 0.1) is 11.8 Å². The van der Waals surface area contributed by atoms with Crippen LogP contribution in [0.25, 0.3) is 10.9 Å². The van der Waals surface area contributed by atoms with Crippen LogP contribution in [0.4, 0.5) is 0 Å². The second kappa shape index (κ2) is 3.00. The molecule has 1 heterocycles. The molecule has 0 saturated carbocycles. The van der Waals surface area contributed by atoms with Crippen LogP contribution in [0.5, 0.6) is 0 Å². The first-order valence-electron chi connectivity index (χ1n) is 3.96. The summed E-state index contributed by atoms with van der Waals surface area (Å²) in [5.41, 5.74) is 0.611. The number of aromatic nitrogens is 1. The zero-order chi connectivity index (χ0) is 10.3. The molecule has 5 heteroatoms. The molecular formula is C9H8ClNO2S. The minimum absolute atomic E-state index is 0.560. The van der Waals surface area contributed by atoms with Gasteiger partial charge in [0.1, 0.15) is 0 Å². The molecule has 0 aliphatic carbocycles. The molecule has 74 valence electrons. The van der Waals surface area contributed by atoms with Crippen LogP contribution in [-0.2, 0) is 10.0 Å². The van der Waals surface area contributed by atoms with Crippen molar-refractivity contribution in [1.29, 1.82) is 0 Å². The molecule has 0 unspecified atom stereocenters. The molecular weight excluding hydrogens is 222 g/mol. The van der Waals surface area contributed by atoms with Gasteiger partial charge in [0.15, 0.2) is 0 Å². The van der Waals surface area contributed by atoms with Crippen LogP contribution < -0.4 is 0 Å². The van der Waals surface area contributed by atoms with Crippen molar-refractivity contribution >= 4 is 32.5 Å². The Bertz CT molecular complexity index is 586. The molecule has 2 aromatic rings. The number of hydrogen-bond acceptors (Lipinski definition) is 2. The van der Waals surface area contributed by atoms with Crippen molar-refractivity contribution < 1.29 is 8.42 Å². The Balaban J connectivity index is 2.90. The standard InChI is InChI=1S/C9H8ClNO2S/c1-14(12,13)11-6-5-7-8(10)3-2-4-9(7)11/h2-6H,1H3. The maximum atomic E-state index is 11.3. The van der Waals surface area contributed by atoms with Crippen molar-refractivity contribution in [3.05, 3.63) is 35.5 Å². The molecule has 1 aromatic heterocycles. The van der Waals surface area contributed by atoms with E-state index in [0.717, 1.165) is 11.6 Å². The molecule has 0 aliphatic rings. The van der Waals surface area contributed by atoms with Gasteiger partial charge in [-0.25, -0.2) is 12.4 Å². The number of rotatable bonds is 1. The maximum absolute atomic E-state index is 11.3. The van der Waals surface area contributed by atoms with E-state index in [2.05, 4.69) is 0 Å². The molecule has 0 amide bonds. The monoisotopic (exact) mass is 229 g/mol. The maximum Gasteiger partial charge on any atom is 0.236 e. The van der Waals surface area contributed by atoms with E-state index in [9.17, 15) is 8.42 Å². The zero-order valence-electron chi connectivity index (χ0n) is 7.44. The number of benzene rings is 1. The molecule has 14 heavy (non-hydrogen) atoms. The average molecular weight is 230 g/mol. The third kappa shape index (κ3) is 1.40. The van der Waals surface area contributed by atoms with E-state index in [-0.39, 0.29) is 0 Å². The molecule has 0 saturated heterocycles. The van der Waals surface area contributed by atoms with Gasteiger partial charge < -0.3 is 0 Å². The SMILES string of the molecule is CS(=O)(=O)n1ccc2c(Cl)cccc21. The molecule has 0 spiro atoms. The largest absolute Gasteiger partial charge is 0.245 e. The van der Waals surface area contributed by atoms with E-state index in [0.29, 0.717) is 10.5 Å². The highest BCUT2D eigenvalue weighted by Crippen LogP contribution is 2.24. The third-order valence-electron chi connectivity index (χ3n) is 2.00. The van der Waals surface area contributed by atoms with Gasteiger partial charge in [-0.15, -0.1) is 0 Å². The molecule has 0 aliphatic heterocycles. The quantitative estimate of drug-likeness (QED) is 0.751. The second-order valence-corrected chi connectivity index (χ2v) is 5.31. The summed E-state index contributed by atoms with van der Waals surface area (Å²) in [5, 5.41) is 1.31. The highest BCUT2D eigenvalue weighted by atomic mass is 35.5. The van der Waals surface area contributed by atoms with Crippen LogP contribution >= 0.6 is 11.6 Å². The lowest BCUT2D eigenvalue weighted by atomic mass is 10.2. The Kier molecular flexibility index (Phi) is 2.05. The Hall–Kier alpha value is -1.00. The molecule has 0 radical (unpaired) electrons. The molecule has 3 nitrogen and oxygen atoms in total. The van der Waals surface area contributed by atoms with Crippen molar-refractivity contribution in [3.63, 3.8) is 0 Å². The lowest BCUT2D eigenvalue weighted by Crippen LogP contribution is -2.07. The number of fused-ring (bicyclic) bond motifs is 1. The second-order valence-electron chi connectivity index (χ2n) is 3.05. The minimum Gasteiger partial charge on any atom is -0.245 e. The van der Waals surface area contributed by atoms with Crippen LogP contribution in [-0.4, -0.2) is 18.6 Å². The summed E-state index contributed by atoms with van der Waals surface area (Å²) in [6.45, 7) is 0. The first kappa shape index (κ1) is 9.55. The van der Waals surface area contributed by atoms with Crippen LogP contribution in [0.3, 0.4) is 0 Å². The van der Waals surface area contributed by atoms with Crippen LogP contribution in [0.1, 0.15) is 0 Å². The minimum atomic E-state index is -3.24. The van der Waals surface area contributed by atoms with Crippen molar-refractivity contribution in [1.82, 2.24) is 3.97 Å². The Morgan fingerprint density at radius 2 is 2.00 bits per heavy atom. The summed E-state index contributed by atoms with van der Waals surface area (Å²) in [5.74, 6) is 0. The molecule has 2 rings (SSSR count). The topological polar surface area (TPSA) is 39.1 Å². The number of halogens is 1. The van der Waals surface area contributed by atoms with Crippen molar-refractivity contribution in [2.75, 3.05) is 6.26 Å². The zero-order valence-corrected chi connectivity index (χ0v) is 9.01. The number of nitrogens with zero attached hydrogens (tertiary/aromatic N) is 1. The molecule has 0 bridgehead atoms. The van der Waals surface area contributed by atoms with Crippen LogP contribution in [0.2, 0.25) is 5.02 Å². The van der Waals surface area contributed by atoms with E-state index < -0.39 is 10.0 Å². The fourth-order valence-electron chi connectivity index (χ4n) is 1.39. The predicted molar refractivity (Wildman–Crippen MR) is 57.2 cm³/mol. The van der Waals surface area contributed by atoms with Gasteiger partial charge in [0.2, 0.25) is 10.0 Å². The summed E-state index contributed by atoms with van der Waals surface area (Å²) in [6, 6.07) is 6.88. The smallest absolute Gasteiger partial charge is 0.236 e. The summed E-state index contributed by atoms with van der Waals surface area (Å²) in [4.78, 5) is 0. The molecule has 1 aromatic carbocycles. The van der Waals surface area contributed by atoms with E-state index in [1.54, 1.807) is 24.3 Å². The van der Waals surface area contributed by atoms with Gasteiger partial charge in [-0.1, -0.05) is 17.7 Å². The Morgan fingerprint density at radius 3 is 2.64 bits per heavy atom. The Morgan fingerprint density at radius 1 is 1.29 bits per heavy atom. The Labute approximate surface area is 87.0 Å². The van der Waals surface area contributed by atoms with Crippen molar-refractivity contribution in [3.8, 4) is 0 Å². The average Bonchev–Trinajstić information content (AvgIpc) is 2.47. The van der Waals surface area contributed by atoms with Crippen LogP contribution in [0.15, 0.2) is 30.5 Å². The van der Waals surface area contributed by atoms with Gasteiger partial charge in [0, 0.05) is 16.6 Å². The number of hydrogen-bond donors (Lipinski definition) is 0. The molecule has 0 N–H and O–H groups in total. The predicted octanol–water partition coefficient (Wildman–Crippen LogP) is 2.10. The highest BCUT2D eigenvalue weighted by Gasteiger charge is 2.10. The van der Waals surface area contributed by atoms with Gasteiger partial charge in [-0.3, -0.25) is 0 Å². The first-order chi connectivity index (χ1) is 6.50. The normalized spacial score (nSPS) is 12.1. The summed E-state index contributed by atoms with van der Waals surface area (Å²) in [6.07, 6.45) is 2.67. The summed E-state index contributed by atoms with van der Waals surface area (Å²) < 4.78 is 23.9. The summed E-state index contributed by atoms with van der Waals surface area (Å²) in [7, 11) is -3.24. The third-order valence-corrected chi connectivity index (χ3v) is 3.36. The lowest BCUT2D eigenvalue weighted by molar-refractivity contribution is 0.595. The van der Waals surface area contributed by atoms with E-state index >= 15 is 0 Å². The van der Waals surface area contributed by atoms with Crippen LogP contribution in [0, 0.1) is 0 Å². The van der Waals surface area contributed by atoms with Gasteiger partial charge in [-0.2, -0.15) is 0 Å². The van der Waals surface area contributed by atoms with E-state index in [1.165, 1.54) is 10.2 Å². The van der Waals surface area contributed by atoms with E-state index in [1.807, 2.05) is 0 Å².